The fraction of sp³-hybridized carbons (Fsp3) is 0.389. The fourth-order valence-electron chi connectivity index (χ4n) is 2.77. The van der Waals surface area contributed by atoms with Crippen molar-refractivity contribution in [1.29, 1.82) is 0 Å². The smallest absolute Gasteiger partial charge is 0.226 e. The molecular weight excluding hydrogens is 320 g/mol. The van der Waals surface area contributed by atoms with Crippen LogP contribution in [0, 0.1) is 12.3 Å². The van der Waals surface area contributed by atoms with Crippen LogP contribution in [0.5, 0.6) is 0 Å². The number of aromatic nitrogens is 3. The molecule has 0 fully saturated rings. The molecule has 0 saturated heterocycles. The van der Waals surface area contributed by atoms with E-state index in [1.807, 2.05) is 35.0 Å². The molecule has 3 rings (SSSR count). The number of thiazole rings is 1. The van der Waals surface area contributed by atoms with E-state index < -0.39 is 0 Å². The van der Waals surface area contributed by atoms with Crippen LogP contribution >= 0.6 is 11.3 Å². The van der Waals surface area contributed by atoms with Crippen LogP contribution in [0.2, 0.25) is 0 Å². The highest BCUT2D eigenvalue weighted by molar-refractivity contribution is 7.15. The minimum absolute atomic E-state index is 0.00613. The molecule has 0 saturated carbocycles. The summed E-state index contributed by atoms with van der Waals surface area (Å²) in [6, 6.07) is 3.81. The van der Waals surface area contributed by atoms with Crippen molar-refractivity contribution in [2.45, 2.75) is 40.2 Å². The minimum atomic E-state index is -0.136. The number of hydrogen-bond donors (Lipinski definition) is 1. The summed E-state index contributed by atoms with van der Waals surface area (Å²) in [7, 11) is 0. The zero-order chi connectivity index (χ0) is 17.3. The van der Waals surface area contributed by atoms with Crippen molar-refractivity contribution in [2.75, 3.05) is 0 Å². The lowest BCUT2D eigenvalue weighted by atomic mass is 9.83. The van der Waals surface area contributed by atoms with Gasteiger partial charge in [0, 0.05) is 29.7 Å². The predicted octanol–water partition coefficient (Wildman–Crippen LogP) is 3.55. The summed E-state index contributed by atoms with van der Waals surface area (Å²) in [4.78, 5) is 22.3. The largest absolute Gasteiger partial charge is 0.347 e. The monoisotopic (exact) mass is 342 g/mol. The third kappa shape index (κ3) is 3.33. The molecule has 24 heavy (non-hydrogen) atoms. The Hall–Kier alpha value is -2.21. The molecule has 0 aliphatic rings. The van der Waals surface area contributed by atoms with Gasteiger partial charge in [0.15, 0.2) is 4.96 Å². The van der Waals surface area contributed by atoms with Gasteiger partial charge >= 0.3 is 0 Å². The first-order valence-corrected chi connectivity index (χ1v) is 8.84. The van der Waals surface area contributed by atoms with Gasteiger partial charge in [0.2, 0.25) is 5.91 Å². The van der Waals surface area contributed by atoms with E-state index in [9.17, 15) is 4.79 Å². The van der Waals surface area contributed by atoms with Gasteiger partial charge in [0.05, 0.1) is 18.2 Å². The van der Waals surface area contributed by atoms with Gasteiger partial charge in [-0.25, -0.2) is 4.98 Å². The standard InChI is InChI=1S/C18H22N4OS/c1-12-6-5-7-19-15(12)16(18(2,3)4)21-14(23)10-13-11-24-17-20-8-9-22(13)17/h5-9,11,16H,10H2,1-4H3,(H,21,23). The Balaban J connectivity index is 1.81. The number of amides is 1. The lowest BCUT2D eigenvalue weighted by Gasteiger charge is -2.32. The van der Waals surface area contributed by atoms with Crippen molar-refractivity contribution < 1.29 is 4.79 Å². The molecular formula is C18H22N4OS. The number of pyridine rings is 1. The number of hydrogen-bond acceptors (Lipinski definition) is 4. The van der Waals surface area contributed by atoms with Gasteiger partial charge in [-0.15, -0.1) is 11.3 Å². The van der Waals surface area contributed by atoms with Gasteiger partial charge in [-0.2, -0.15) is 0 Å². The van der Waals surface area contributed by atoms with Crippen molar-refractivity contribution in [3.63, 3.8) is 0 Å². The average Bonchev–Trinajstić information content (AvgIpc) is 3.10. The summed E-state index contributed by atoms with van der Waals surface area (Å²) in [6.45, 7) is 8.38. The molecule has 0 aliphatic heterocycles. The molecule has 1 N–H and O–H groups in total. The van der Waals surface area contributed by atoms with Crippen LogP contribution in [-0.2, 0) is 11.2 Å². The lowest BCUT2D eigenvalue weighted by Crippen LogP contribution is -2.38. The number of rotatable bonds is 4. The molecule has 3 heterocycles. The Labute approximate surface area is 145 Å². The van der Waals surface area contributed by atoms with Crippen molar-refractivity contribution >= 4 is 22.2 Å². The van der Waals surface area contributed by atoms with Crippen LogP contribution in [0.3, 0.4) is 0 Å². The molecule has 1 amide bonds. The molecule has 126 valence electrons. The zero-order valence-corrected chi connectivity index (χ0v) is 15.2. The summed E-state index contributed by atoms with van der Waals surface area (Å²) in [6.07, 6.45) is 5.75. The highest BCUT2D eigenvalue weighted by Crippen LogP contribution is 2.33. The van der Waals surface area contributed by atoms with Gasteiger partial charge in [-0.3, -0.25) is 14.2 Å². The number of aryl methyl sites for hydroxylation is 1. The van der Waals surface area contributed by atoms with Crippen LogP contribution in [0.4, 0.5) is 0 Å². The normalized spacial score (nSPS) is 13.2. The van der Waals surface area contributed by atoms with E-state index in [4.69, 9.17) is 0 Å². The first-order chi connectivity index (χ1) is 11.4. The van der Waals surface area contributed by atoms with Crippen LogP contribution in [0.1, 0.15) is 43.8 Å². The second-order valence-electron chi connectivity index (χ2n) is 7.06. The maximum Gasteiger partial charge on any atom is 0.226 e. The second-order valence-corrected chi connectivity index (χ2v) is 7.89. The molecule has 0 spiro atoms. The van der Waals surface area contributed by atoms with E-state index in [2.05, 4.69) is 36.1 Å². The Bertz CT molecular complexity index is 859. The van der Waals surface area contributed by atoms with Crippen molar-refractivity contribution in [3.8, 4) is 0 Å². The van der Waals surface area contributed by atoms with Crippen molar-refractivity contribution in [3.05, 3.63) is 53.1 Å². The maximum absolute atomic E-state index is 12.6. The number of carbonyl (C=O) groups excluding carboxylic acids is 1. The zero-order valence-electron chi connectivity index (χ0n) is 14.4. The van der Waals surface area contributed by atoms with E-state index in [-0.39, 0.29) is 17.4 Å². The van der Waals surface area contributed by atoms with Crippen LogP contribution < -0.4 is 5.32 Å². The molecule has 1 unspecified atom stereocenters. The molecule has 0 radical (unpaired) electrons. The maximum atomic E-state index is 12.6. The van der Waals surface area contributed by atoms with Gasteiger partial charge < -0.3 is 5.32 Å². The topological polar surface area (TPSA) is 59.3 Å². The van der Waals surface area contributed by atoms with Gasteiger partial charge in [-0.05, 0) is 24.0 Å². The average molecular weight is 342 g/mol. The third-order valence-corrected chi connectivity index (χ3v) is 4.96. The number of imidazole rings is 1. The summed E-state index contributed by atoms with van der Waals surface area (Å²) >= 11 is 1.55. The van der Waals surface area contributed by atoms with Crippen LogP contribution in [0.15, 0.2) is 36.1 Å². The Morgan fingerprint density at radius 1 is 1.33 bits per heavy atom. The number of carbonyl (C=O) groups is 1. The first kappa shape index (κ1) is 16.6. The van der Waals surface area contributed by atoms with Gasteiger partial charge in [-0.1, -0.05) is 26.8 Å². The summed E-state index contributed by atoms with van der Waals surface area (Å²) in [5.41, 5.74) is 2.84. The first-order valence-electron chi connectivity index (χ1n) is 7.96. The lowest BCUT2D eigenvalue weighted by molar-refractivity contribution is -0.122. The van der Waals surface area contributed by atoms with E-state index in [0.29, 0.717) is 6.42 Å². The fourth-order valence-corrected chi connectivity index (χ4v) is 3.62. The summed E-state index contributed by atoms with van der Waals surface area (Å²) in [5.74, 6) is -0.00613. The van der Waals surface area contributed by atoms with Crippen LogP contribution in [0.25, 0.3) is 4.96 Å². The second kappa shape index (κ2) is 6.36. The Morgan fingerprint density at radius 3 is 2.83 bits per heavy atom. The highest BCUT2D eigenvalue weighted by Gasteiger charge is 2.30. The SMILES string of the molecule is Cc1cccnc1C(NC(=O)Cc1csc2nccn12)C(C)(C)C. The Kier molecular flexibility index (Phi) is 4.41. The van der Waals surface area contributed by atoms with Gasteiger partial charge in [0.1, 0.15) is 0 Å². The highest BCUT2D eigenvalue weighted by atomic mass is 32.1. The molecule has 0 aliphatic carbocycles. The van der Waals surface area contributed by atoms with E-state index >= 15 is 0 Å². The number of nitrogens with zero attached hydrogens (tertiary/aromatic N) is 3. The van der Waals surface area contributed by atoms with Gasteiger partial charge in [0.25, 0.3) is 0 Å². The third-order valence-electron chi connectivity index (χ3n) is 4.05. The van der Waals surface area contributed by atoms with E-state index in [0.717, 1.165) is 21.9 Å². The van der Waals surface area contributed by atoms with Crippen molar-refractivity contribution in [2.24, 2.45) is 5.41 Å². The van der Waals surface area contributed by atoms with Crippen molar-refractivity contribution in [1.82, 2.24) is 19.7 Å². The molecule has 0 bridgehead atoms. The Morgan fingerprint density at radius 2 is 2.12 bits per heavy atom. The molecule has 3 aromatic rings. The van der Waals surface area contributed by atoms with Crippen LogP contribution in [-0.4, -0.2) is 20.3 Å². The minimum Gasteiger partial charge on any atom is -0.347 e. The number of fused-ring (bicyclic) bond motifs is 1. The van der Waals surface area contributed by atoms with E-state index in [1.165, 1.54) is 0 Å². The molecule has 1 atom stereocenters. The number of nitrogens with one attached hydrogen (secondary N) is 1. The van der Waals surface area contributed by atoms with E-state index in [1.54, 1.807) is 23.7 Å². The molecule has 3 aromatic heterocycles. The molecule has 5 nitrogen and oxygen atoms in total. The quantitative estimate of drug-likeness (QED) is 0.789. The summed E-state index contributed by atoms with van der Waals surface area (Å²) in [5, 5.41) is 5.16. The molecule has 0 aromatic carbocycles. The predicted molar refractivity (Wildman–Crippen MR) is 96.1 cm³/mol. The summed E-state index contributed by atoms with van der Waals surface area (Å²) < 4.78 is 1.96. The molecule has 6 heteroatoms.